The molecule has 1 rings (SSSR count). The number of nitrogens with one attached hydrogen (secondary N) is 1. The molecule has 0 heterocycles. The molecule has 2 unspecified atom stereocenters. The minimum absolute atomic E-state index is 0.450. The van der Waals surface area contributed by atoms with E-state index in [1.54, 1.807) is 5.57 Å². The molecule has 1 N–H and O–H groups in total. The first-order valence-electron chi connectivity index (χ1n) is 8.84. The Morgan fingerprint density at radius 1 is 1.15 bits per heavy atom. The highest BCUT2D eigenvalue weighted by Crippen LogP contribution is 2.29. The fourth-order valence-corrected chi connectivity index (χ4v) is 3.68. The summed E-state index contributed by atoms with van der Waals surface area (Å²) in [5, 5.41) is 3.75. The summed E-state index contributed by atoms with van der Waals surface area (Å²) in [7, 11) is 0. The molecule has 0 aromatic rings. The van der Waals surface area contributed by atoms with Gasteiger partial charge in [-0.05, 0) is 56.4 Å². The molecule has 20 heavy (non-hydrogen) atoms. The standard InChI is InChI=1S/C19H37N/c1-6-20-18(14-16(2)15-19(3,4)5)17-12-10-8-7-9-11-13-17/h12,16,18,20H,6-11,13-15H2,1-5H3. The van der Waals surface area contributed by atoms with E-state index in [0.29, 0.717) is 11.5 Å². The van der Waals surface area contributed by atoms with Crippen LogP contribution in [0.1, 0.15) is 86.0 Å². The molecule has 0 aromatic heterocycles. The second kappa shape index (κ2) is 8.87. The zero-order chi connectivity index (χ0) is 15.0. The van der Waals surface area contributed by atoms with Crippen molar-refractivity contribution in [2.75, 3.05) is 6.54 Å². The Morgan fingerprint density at radius 3 is 2.50 bits per heavy atom. The predicted molar refractivity (Wildman–Crippen MR) is 91.1 cm³/mol. The highest BCUT2D eigenvalue weighted by atomic mass is 14.9. The van der Waals surface area contributed by atoms with Crippen molar-refractivity contribution in [1.82, 2.24) is 5.32 Å². The number of hydrogen-bond donors (Lipinski definition) is 1. The van der Waals surface area contributed by atoms with Gasteiger partial charge in [-0.3, -0.25) is 0 Å². The van der Waals surface area contributed by atoms with E-state index in [0.717, 1.165) is 12.5 Å². The van der Waals surface area contributed by atoms with E-state index in [-0.39, 0.29) is 0 Å². The quantitative estimate of drug-likeness (QED) is 0.614. The molecule has 118 valence electrons. The van der Waals surface area contributed by atoms with Crippen LogP contribution in [0.2, 0.25) is 0 Å². The predicted octanol–water partition coefficient (Wildman–Crippen LogP) is 5.71. The van der Waals surface area contributed by atoms with Crippen LogP contribution in [-0.4, -0.2) is 12.6 Å². The number of likely N-dealkylation sites (N-methyl/N-ethyl adjacent to an activating group) is 1. The molecular weight excluding hydrogens is 242 g/mol. The summed E-state index contributed by atoms with van der Waals surface area (Å²) in [5.41, 5.74) is 2.15. The maximum atomic E-state index is 3.75. The van der Waals surface area contributed by atoms with Crippen molar-refractivity contribution in [1.29, 1.82) is 0 Å². The lowest BCUT2D eigenvalue weighted by Gasteiger charge is -2.29. The highest BCUT2D eigenvalue weighted by molar-refractivity contribution is 5.12. The molecule has 1 aliphatic carbocycles. The summed E-state index contributed by atoms with van der Waals surface area (Å²) >= 11 is 0. The van der Waals surface area contributed by atoms with Crippen molar-refractivity contribution in [3.05, 3.63) is 11.6 Å². The first-order chi connectivity index (χ1) is 9.42. The molecule has 0 aromatic carbocycles. The second-order valence-electron chi connectivity index (χ2n) is 7.95. The van der Waals surface area contributed by atoms with E-state index in [2.05, 4.69) is 46.0 Å². The van der Waals surface area contributed by atoms with Gasteiger partial charge >= 0.3 is 0 Å². The monoisotopic (exact) mass is 279 g/mol. The summed E-state index contributed by atoms with van der Waals surface area (Å²) in [6, 6.07) is 0.621. The van der Waals surface area contributed by atoms with Crippen molar-refractivity contribution in [2.45, 2.75) is 92.0 Å². The van der Waals surface area contributed by atoms with E-state index in [9.17, 15) is 0 Å². The Morgan fingerprint density at radius 2 is 1.85 bits per heavy atom. The van der Waals surface area contributed by atoms with Gasteiger partial charge in [0, 0.05) is 6.04 Å². The van der Waals surface area contributed by atoms with Gasteiger partial charge in [0.25, 0.3) is 0 Å². The summed E-state index contributed by atoms with van der Waals surface area (Å²) in [5.74, 6) is 0.797. The fourth-order valence-electron chi connectivity index (χ4n) is 3.68. The van der Waals surface area contributed by atoms with Crippen molar-refractivity contribution in [3.8, 4) is 0 Å². The molecule has 1 nitrogen and oxygen atoms in total. The van der Waals surface area contributed by atoms with Gasteiger partial charge in [0.05, 0.1) is 0 Å². The van der Waals surface area contributed by atoms with Gasteiger partial charge in [0.15, 0.2) is 0 Å². The van der Waals surface area contributed by atoms with Gasteiger partial charge in [-0.25, -0.2) is 0 Å². The first-order valence-corrected chi connectivity index (χ1v) is 8.84. The molecule has 0 radical (unpaired) electrons. The van der Waals surface area contributed by atoms with Gasteiger partial charge in [-0.2, -0.15) is 0 Å². The first kappa shape index (κ1) is 17.8. The molecule has 0 spiro atoms. The average Bonchev–Trinajstić information content (AvgIpc) is 2.25. The van der Waals surface area contributed by atoms with Gasteiger partial charge in [0.2, 0.25) is 0 Å². The van der Waals surface area contributed by atoms with Crippen molar-refractivity contribution < 1.29 is 0 Å². The van der Waals surface area contributed by atoms with E-state index < -0.39 is 0 Å². The Labute approximate surface area is 127 Å². The Hall–Kier alpha value is -0.300. The molecule has 0 bridgehead atoms. The molecule has 1 aliphatic rings. The van der Waals surface area contributed by atoms with Gasteiger partial charge in [0.1, 0.15) is 0 Å². The smallest absolute Gasteiger partial charge is 0.0281 e. The molecule has 2 atom stereocenters. The van der Waals surface area contributed by atoms with Gasteiger partial charge in [-0.1, -0.05) is 59.1 Å². The van der Waals surface area contributed by atoms with Crippen LogP contribution in [0.5, 0.6) is 0 Å². The van der Waals surface area contributed by atoms with Crippen LogP contribution in [0.25, 0.3) is 0 Å². The molecule has 1 heteroatoms. The van der Waals surface area contributed by atoms with Crippen LogP contribution in [0.15, 0.2) is 11.6 Å². The van der Waals surface area contributed by atoms with E-state index in [1.165, 1.54) is 51.4 Å². The van der Waals surface area contributed by atoms with Crippen molar-refractivity contribution >= 4 is 0 Å². The lowest BCUT2D eigenvalue weighted by Crippen LogP contribution is -2.33. The van der Waals surface area contributed by atoms with Crippen LogP contribution in [0.3, 0.4) is 0 Å². The molecular formula is C19H37N. The molecule has 0 fully saturated rings. The van der Waals surface area contributed by atoms with Crippen LogP contribution >= 0.6 is 0 Å². The normalized spacial score (nSPS) is 20.8. The van der Waals surface area contributed by atoms with Crippen LogP contribution in [0, 0.1) is 11.3 Å². The molecule has 0 aliphatic heterocycles. The van der Waals surface area contributed by atoms with E-state index >= 15 is 0 Å². The Kier molecular flexibility index (Phi) is 7.87. The van der Waals surface area contributed by atoms with Crippen molar-refractivity contribution in [2.24, 2.45) is 11.3 Å². The second-order valence-corrected chi connectivity index (χ2v) is 7.95. The highest BCUT2D eigenvalue weighted by Gasteiger charge is 2.21. The van der Waals surface area contributed by atoms with Crippen LogP contribution in [0.4, 0.5) is 0 Å². The summed E-state index contributed by atoms with van der Waals surface area (Å²) in [6.45, 7) is 12.8. The van der Waals surface area contributed by atoms with Crippen LogP contribution in [-0.2, 0) is 0 Å². The minimum atomic E-state index is 0.450. The minimum Gasteiger partial charge on any atom is -0.311 e. The largest absolute Gasteiger partial charge is 0.311 e. The third-order valence-corrected chi connectivity index (χ3v) is 4.32. The van der Waals surface area contributed by atoms with Crippen LogP contribution < -0.4 is 5.32 Å². The Balaban J connectivity index is 2.61. The molecule has 0 saturated heterocycles. The fraction of sp³-hybridized carbons (Fsp3) is 0.895. The zero-order valence-corrected chi connectivity index (χ0v) is 14.6. The maximum absolute atomic E-state index is 3.75. The zero-order valence-electron chi connectivity index (χ0n) is 14.6. The Bertz CT molecular complexity index is 285. The van der Waals surface area contributed by atoms with Gasteiger partial charge < -0.3 is 5.32 Å². The summed E-state index contributed by atoms with van der Waals surface area (Å²) in [6.07, 6.45) is 13.4. The third-order valence-electron chi connectivity index (χ3n) is 4.32. The maximum Gasteiger partial charge on any atom is 0.0281 e. The topological polar surface area (TPSA) is 12.0 Å². The van der Waals surface area contributed by atoms with E-state index in [1.807, 2.05) is 0 Å². The number of hydrogen-bond acceptors (Lipinski definition) is 1. The average molecular weight is 280 g/mol. The summed E-state index contributed by atoms with van der Waals surface area (Å²) in [4.78, 5) is 0. The van der Waals surface area contributed by atoms with Gasteiger partial charge in [-0.15, -0.1) is 0 Å². The van der Waals surface area contributed by atoms with E-state index in [4.69, 9.17) is 0 Å². The SMILES string of the molecule is CCNC(CC(C)CC(C)(C)C)C1=CCCCCCC1. The lowest BCUT2D eigenvalue weighted by molar-refractivity contribution is 0.281. The third kappa shape index (κ3) is 7.47. The lowest BCUT2D eigenvalue weighted by atomic mass is 9.81. The molecule has 0 saturated carbocycles. The number of rotatable bonds is 6. The number of allylic oxidation sites excluding steroid dienone is 1. The summed E-state index contributed by atoms with van der Waals surface area (Å²) < 4.78 is 0. The molecule has 0 amide bonds. The van der Waals surface area contributed by atoms with Crippen molar-refractivity contribution in [3.63, 3.8) is 0 Å².